The number of fused-ring (bicyclic) bond motifs is 2. The molecule has 0 saturated heterocycles. The van der Waals surface area contributed by atoms with Crippen LogP contribution >= 0.6 is 0 Å². The number of para-hydroxylation sites is 1. The highest BCUT2D eigenvalue weighted by atomic mass is 15.1. The van der Waals surface area contributed by atoms with Crippen molar-refractivity contribution in [3.05, 3.63) is 194 Å². The average Bonchev–Trinajstić information content (AvgIpc) is 3.19. The SMILES string of the molecule is CCCC(C)(C)c1ccc(N(c2ccc(-c3ccc(N(c4ccccc4)c4ccc5ccccc5c4)cc3)cc2)c2cccc3ccccc23)cc1. The van der Waals surface area contributed by atoms with Gasteiger partial charge in [-0.05, 0) is 111 Å². The standard InChI is InChI=1S/C50H44N2/c1-4-35-50(2,3)42-26-33-46(34-27-42)52(49-20-12-16-40-14-10-11-19-48(40)49)45-30-23-39(24-31-45)38-21-28-44(29-22-38)51(43-17-6-5-7-18-43)47-32-25-37-13-8-9-15-41(37)36-47/h5-34,36H,4,35H2,1-3H3. The van der Waals surface area contributed by atoms with Crippen LogP contribution in [-0.2, 0) is 5.41 Å². The third-order valence-electron chi connectivity index (χ3n) is 10.4. The maximum Gasteiger partial charge on any atom is 0.0540 e. The smallest absolute Gasteiger partial charge is 0.0540 e. The van der Waals surface area contributed by atoms with Crippen LogP contribution in [0.3, 0.4) is 0 Å². The fourth-order valence-electron chi connectivity index (χ4n) is 7.61. The van der Waals surface area contributed by atoms with Crippen molar-refractivity contribution >= 4 is 55.7 Å². The van der Waals surface area contributed by atoms with Gasteiger partial charge >= 0.3 is 0 Å². The molecule has 8 rings (SSSR count). The van der Waals surface area contributed by atoms with Crippen molar-refractivity contribution in [2.24, 2.45) is 0 Å². The molecular formula is C50H44N2. The van der Waals surface area contributed by atoms with E-state index in [-0.39, 0.29) is 5.41 Å². The van der Waals surface area contributed by atoms with E-state index in [0.717, 1.165) is 34.9 Å². The summed E-state index contributed by atoms with van der Waals surface area (Å²) in [5, 5.41) is 4.93. The highest BCUT2D eigenvalue weighted by Crippen LogP contribution is 2.41. The third-order valence-corrected chi connectivity index (χ3v) is 10.4. The Hall–Kier alpha value is -6.12. The zero-order chi connectivity index (χ0) is 35.5. The Balaban J connectivity index is 1.14. The molecule has 0 aliphatic rings. The molecule has 0 heterocycles. The lowest BCUT2D eigenvalue weighted by Crippen LogP contribution is -2.17. The van der Waals surface area contributed by atoms with Gasteiger partial charge in [0, 0.05) is 33.8 Å². The first-order chi connectivity index (χ1) is 25.5. The van der Waals surface area contributed by atoms with Crippen molar-refractivity contribution in [3.63, 3.8) is 0 Å². The number of hydrogen-bond acceptors (Lipinski definition) is 2. The first-order valence-corrected chi connectivity index (χ1v) is 18.4. The molecule has 0 bridgehead atoms. The quantitative estimate of drug-likeness (QED) is 0.143. The van der Waals surface area contributed by atoms with E-state index in [1.165, 1.54) is 50.3 Å². The fraction of sp³-hybridized carbons (Fsp3) is 0.120. The van der Waals surface area contributed by atoms with Gasteiger partial charge in [-0.2, -0.15) is 0 Å². The monoisotopic (exact) mass is 672 g/mol. The van der Waals surface area contributed by atoms with Gasteiger partial charge < -0.3 is 9.80 Å². The first-order valence-electron chi connectivity index (χ1n) is 18.4. The third kappa shape index (κ3) is 6.56. The minimum Gasteiger partial charge on any atom is -0.310 e. The van der Waals surface area contributed by atoms with Gasteiger partial charge in [-0.1, -0.05) is 149 Å². The van der Waals surface area contributed by atoms with Crippen LogP contribution in [0.4, 0.5) is 34.1 Å². The largest absolute Gasteiger partial charge is 0.310 e. The lowest BCUT2D eigenvalue weighted by atomic mass is 9.81. The van der Waals surface area contributed by atoms with E-state index in [1.54, 1.807) is 0 Å². The van der Waals surface area contributed by atoms with E-state index >= 15 is 0 Å². The summed E-state index contributed by atoms with van der Waals surface area (Å²) in [6.45, 7) is 6.96. The van der Waals surface area contributed by atoms with Crippen LogP contribution in [0.15, 0.2) is 188 Å². The van der Waals surface area contributed by atoms with Gasteiger partial charge in [0.2, 0.25) is 0 Å². The van der Waals surface area contributed by atoms with E-state index in [4.69, 9.17) is 0 Å². The highest BCUT2D eigenvalue weighted by Gasteiger charge is 2.21. The van der Waals surface area contributed by atoms with Crippen LogP contribution in [0.2, 0.25) is 0 Å². The van der Waals surface area contributed by atoms with E-state index < -0.39 is 0 Å². The van der Waals surface area contributed by atoms with Crippen molar-refractivity contribution in [2.45, 2.75) is 39.0 Å². The Morgan fingerprint density at radius 2 is 0.904 bits per heavy atom. The topological polar surface area (TPSA) is 6.48 Å². The van der Waals surface area contributed by atoms with Crippen molar-refractivity contribution in [1.82, 2.24) is 0 Å². The summed E-state index contributed by atoms with van der Waals surface area (Å²) in [4.78, 5) is 4.73. The molecule has 0 aromatic heterocycles. The van der Waals surface area contributed by atoms with Gasteiger partial charge in [0.25, 0.3) is 0 Å². The molecule has 0 unspecified atom stereocenters. The van der Waals surface area contributed by atoms with E-state index in [2.05, 4.69) is 219 Å². The maximum atomic E-state index is 2.40. The van der Waals surface area contributed by atoms with E-state index in [1.807, 2.05) is 0 Å². The number of benzene rings is 8. The second-order valence-corrected chi connectivity index (χ2v) is 14.3. The molecule has 2 heteroatoms. The van der Waals surface area contributed by atoms with Crippen LogP contribution < -0.4 is 9.80 Å². The Morgan fingerprint density at radius 3 is 1.56 bits per heavy atom. The lowest BCUT2D eigenvalue weighted by molar-refractivity contribution is 0.473. The summed E-state index contributed by atoms with van der Waals surface area (Å²) in [5.41, 5.74) is 10.7. The molecule has 8 aromatic carbocycles. The Bertz CT molecular complexity index is 2420. The molecule has 0 aliphatic heterocycles. The summed E-state index contributed by atoms with van der Waals surface area (Å²) in [7, 11) is 0. The van der Waals surface area contributed by atoms with Crippen LogP contribution in [0.5, 0.6) is 0 Å². The van der Waals surface area contributed by atoms with Gasteiger partial charge in [-0.25, -0.2) is 0 Å². The van der Waals surface area contributed by atoms with Gasteiger partial charge in [-0.15, -0.1) is 0 Å². The summed E-state index contributed by atoms with van der Waals surface area (Å²) >= 11 is 0. The van der Waals surface area contributed by atoms with Crippen LogP contribution in [0, 0.1) is 0 Å². The fourth-order valence-corrected chi connectivity index (χ4v) is 7.61. The minimum absolute atomic E-state index is 0.141. The van der Waals surface area contributed by atoms with Crippen LogP contribution in [0.25, 0.3) is 32.7 Å². The van der Waals surface area contributed by atoms with Crippen molar-refractivity contribution < 1.29 is 0 Å². The van der Waals surface area contributed by atoms with E-state index in [9.17, 15) is 0 Å². The lowest BCUT2D eigenvalue weighted by Gasteiger charge is -2.29. The average molecular weight is 673 g/mol. The Kier molecular flexibility index (Phi) is 9.05. The molecular weight excluding hydrogens is 629 g/mol. The number of anilines is 6. The summed E-state index contributed by atoms with van der Waals surface area (Å²) in [5.74, 6) is 0. The Morgan fingerprint density at radius 1 is 0.404 bits per heavy atom. The van der Waals surface area contributed by atoms with Gasteiger partial charge in [-0.3, -0.25) is 0 Å². The van der Waals surface area contributed by atoms with Crippen molar-refractivity contribution in [3.8, 4) is 11.1 Å². The molecule has 0 aliphatic carbocycles. The summed E-state index contributed by atoms with van der Waals surface area (Å²) in [6, 6.07) is 68.2. The maximum absolute atomic E-state index is 2.40. The molecule has 0 N–H and O–H groups in total. The van der Waals surface area contributed by atoms with Crippen molar-refractivity contribution in [1.29, 1.82) is 0 Å². The second kappa shape index (κ2) is 14.2. The zero-order valence-electron chi connectivity index (χ0n) is 30.2. The number of rotatable bonds is 10. The molecule has 0 radical (unpaired) electrons. The van der Waals surface area contributed by atoms with Gasteiger partial charge in [0.1, 0.15) is 0 Å². The summed E-state index contributed by atoms with van der Waals surface area (Å²) in [6.07, 6.45) is 2.33. The summed E-state index contributed by atoms with van der Waals surface area (Å²) < 4.78 is 0. The number of hydrogen-bond donors (Lipinski definition) is 0. The zero-order valence-corrected chi connectivity index (χ0v) is 30.2. The highest BCUT2D eigenvalue weighted by molar-refractivity contribution is 5.99. The van der Waals surface area contributed by atoms with Crippen molar-refractivity contribution in [2.75, 3.05) is 9.80 Å². The normalized spacial score (nSPS) is 11.5. The predicted octanol–water partition coefficient (Wildman–Crippen LogP) is 14.7. The second-order valence-electron chi connectivity index (χ2n) is 14.3. The number of nitrogens with zero attached hydrogens (tertiary/aromatic N) is 2. The predicted molar refractivity (Wildman–Crippen MR) is 224 cm³/mol. The van der Waals surface area contributed by atoms with Gasteiger partial charge in [0.15, 0.2) is 0 Å². The first kappa shape index (κ1) is 33.0. The molecule has 0 amide bonds. The van der Waals surface area contributed by atoms with Crippen LogP contribution in [-0.4, -0.2) is 0 Å². The van der Waals surface area contributed by atoms with E-state index in [0.29, 0.717) is 0 Å². The molecule has 8 aromatic rings. The van der Waals surface area contributed by atoms with Gasteiger partial charge in [0.05, 0.1) is 5.69 Å². The molecule has 52 heavy (non-hydrogen) atoms. The van der Waals surface area contributed by atoms with Crippen LogP contribution in [0.1, 0.15) is 39.2 Å². The molecule has 0 fully saturated rings. The molecule has 0 spiro atoms. The molecule has 0 atom stereocenters. The molecule has 254 valence electrons. The Labute approximate surface area is 308 Å². The molecule has 0 saturated carbocycles. The molecule has 2 nitrogen and oxygen atoms in total. The minimum atomic E-state index is 0.141.